The van der Waals surface area contributed by atoms with Crippen molar-refractivity contribution in [3.8, 4) is 0 Å². The maximum Gasteiger partial charge on any atom is 0.0167 e. The van der Waals surface area contributed by atoms with Crippen LogP contribution in [0.15, 0.2) is 0 Å². The summed E-state index contributed by atoms with van der Waals surface area (Å²) in [5.74, 6) is 0.884. The van der Waals surface area contributed by atoms with E-state index in [1.807, 2.05) is 0 Å². The smallest absolute Gasteiger partial charge is 0.0167 e. The average Bonchev–Trinajstić information content (AvgIpc) is 2.21. The van der Waals surface area contributed by atoms with Gasteiger partial charge in [-0.25, -0.2) is 0 Å². The van der Waals surface area contributed by atoms with Gasteiger partial charge in [-0.3, -0.25) is 0 Å². The largest absolute Gasteiger partial charge is 0.327 e. The van der Waals surface area contributed by atoms with Gasteiger partial charge in [0.1, 0.15) is 0 Å². The van der Waals surface area contributed by atoms with E-state index in [2.05, 4.69) is 30.8 Å². The van der Waals surface area contributed by atoms with Gasteiger partial charge < -0.3 is 15.5 Å². The molecule has 1 fully saturated rings. The fourth-order valence-electron chi connectivity index (χ4n) is 2.62. The quantitative estimate of drug-likeness (QED) is 0.744. The van der Waals surface area contributed by atoms with Crippen LogP contribution in [0, 0.1) is 5.92 Å². The average molecular weight is 227 g/mol. The van der Waals surface area contributed by atoms with Gasteiger partial charge in [0.05, 0.1) is 0 Å². The predicted molar refractivity (Wildman–Crippen MR) is 70.6 cm³/mol. The van der Waals surface area contributed by atoms with Gasteiger partial charge in [-0.1, -0.05) is 13.3 Å². The molecule has 1 heterocycles. The van der Waals surface area contributed by atoms with Crippen LogP contribution < -0.4 is 5.73 Å². The molecule has 0 amide bonds. The van der Waals surface area contributed by atoms with Gasteiger partial charge in [0.2, 0.25) is 0 Å². The third-order valence-electron chi connectivity index (χ3n) is 3.61. The van der Waals surface area contributed by atoms with Crippen molar-refractivity contribution in [2.24, 2.45) is 11.7 Å². The van der Waals surface area contributed by atoms with Crippen LogP contribution in [0.25, 0.3) is 0 Å². The van der Waals surface area contributed by atoms with Crippen LogP contribution in [0.1, 0.15) is 32.6 Å². The van der Waals surface area contributed by atoms with Crippen LogP contribution in [0.2, 0.25) is 0 Å². The molecule has 0 bridgehead atoms. The van der Waals surface area contributed by atoms with Crippen molar-refractivity contribution >= 4 is 0 Å². The number of nitrogens with zero attached hydrogens (tertiary/aromatic N) is 2. The Morgan fingerprint density at radius 2 is 2.00 bits per heavy atom. The summed E-state index contributed by atoms with van der Waals surface area (Å²) in [6.07, 6.45) is 5.05. The summed E-state index contributed by atoms with van der Waals surface area (Å²) in [6.45, 7) is 7.02. The lowest BCUT2D eigenvalue weighted by molar-refractivity contribution is 0.171. The van der Waals surface area contributed by atoms with E-state index in [-0.39, 0.29) is 0 Å². The number of likely N-dealkylation sites (tertiary alicyclic amines) is 1. The lowest BCUT2D eigenvalue weighted by atomic mass is 9.96. The SMILES string of the molecule is CCCC(N)CN(C)CC1CCN(C)CC1. The minimum atomic E-state index is 0.362. The lowest BCUT2D eigenvalue weighted by Crippen LogP contribution is -2.40. The molecule has 1 saturated heterocycles. The molecule has 1 aliphatic heterocycles. The van der Waals surface area contributed by atoms with Crippen molar-refractivity contribution in [2.45, 2.75) is 38.6 Å². The predicted octanol–water partition coefficient (Wildman–Crippen LogP) is 1.39. The molecule has 0 aromatic heterocycles. The van der Waals surface area contributed by atoms with Crippen molar-refractivity contribution < 1.29 is 0 Å². The Kier molecular flexibility index (Phi) is 6.32. The number of piperidine rings is 1. The second-order valence-electron chi connectivity index (χ2n) is 5.52. The number of nitrogens with two attached hydrogens (primary N) is 1. The molecule has 0 spiro atoms. The molecular formula is C13H29N3. The van der Waals surface area contributed by atoms with Gasteiger partial charge in [0.25, 0.3) is 0 Å². The second kappa shape index (κ2) is 7.25. The van der Waals surface area contributed by atoms with E-state index in [1.54, 1.807) is 0 Å². The van der Waals surface area contributed by atoms with Gasteiger partial charge in [-0.05, 0) is 52.4 Å². The molecule has 0 aromatic rings. The first-order chi connectivity index (χ1) is 7.61. The van der Waals surface area contributed by atoms with Crippen LogP contribution in [0.4, 0.5) is 0 Å². The molecule has 1 unspecified atom stereocenters. The van der Waals surface area contributed by atoms with E-state index in [9.17, 15) is 0 Å². The fourth-order valence-corrected chi connectivity index (χ4v) is 2.62. The minimum absolute atomic E-state index is 0.362. The van der Waals surface area contributed by atoms with E-state index in [0.717, 1.165) is 18.9 Å². The zero-order valence-corrected chi connectivity index (χ0v) is 11.3. The molecule has 16 heavy (non-hydrogen) atoms. The highest BCUT2D eigenvalue weighted by atomic mass is 15.1. The molecule has 3 nitrogen and oxygen atoms in total. The Morgan fingerprint density at radius 1 is 1.38 bits per heavy atom. The van der Waals surface area contributed by atoms with Crippen LogP contribution in [-0.4, -0.2) is 56.1 Å². The second-order valence-corrected chi connectivity index (χ2v) is 5.52. The Bertz CT molecular complexity index is 176. The Labute approximate surface area is 101 Å². The summed E-state index contributed by atoms with van der Waals surface area (Å²) in [4.78, 5) is 4.86. The first-order valence-corrected chi connectivity index (χ1v) is 6.74. The molecule has 2 N–H and O–H groups in total. The highest BCUT2D eigenvalue weighted by Crippen LogP contribution is 2.16. The zero-order valence-electron chi connectivity index (χ0n) is 11.3. The highest BCUT2D eigenvalue weighted by Gasteiger charge is 2.18. The van der Waals surface area contributed by atoms with Crippen LogP contribution in [0.3, 0.4) is 0 Å². The normalized spacial score (nSPS) is 21.6. The van der Waals surface area contributed by atoms with Crippen molar-refractivity contribution in [1.82, 2.24) is 9.80 Å². The summed E-state index contributed by atoms with van der Waals surface area (Å²) >= 11 is 0. The lowest BCUT2D eigenvalue weighted by Gasteiger charge is -2.32. The summed E-state index contributed by atoms with van der Waals surface area (Å²) in [6, 6.07) is 0.362. The molecule has 0 saturated carbocycles. The Hall–Kier alpha value is -0.120. The summed E-state index contributed by atoms with van der Waals surface area (Å²) in [7, 11) is 4.44. The molecule has 0 radical (unpaired) electrons. The van der Waals surface area contributed by atoms with Gasteiger partial charge in [-0.15, -0.1) is 0 Å². The summed E-state index contributed by atoms with van der Waals surface area (Å²) < 4.78 is 0. The van der Waals surface area contributed by atoms with E-state index < -0.39 is 0 Å². The van der Waals surface area contributed by atoms with E-state index in [4.69, 9.17) is 5.73 Å². The third-order valence-corrected chi connectivity index (χ3v) is 3.61. The van der Waals surface area contributed by atoms with Crippen molar-refractivity contribution in [3.63, 3.8) is 0 Å². The first-order valence-electron chi connectivity index (χ1n) is 6.74. The summed E-state index contributed by atoms with van der Waals surface area (Å²) in [5, 5.41) is 0. The molecule has 1 aliphatic rings. The van der Waals surface area contributed by atoms with Crippen LogP contribution in [0.5, 0.6) is 0 Å². The number of rotatable bonds is 6. The highest BCUT2D eigenvalue weighted by molar-refractivity contribution is 4.74. The summed E-state index contributed by atoms with van der Waals surface area (Å²) in [5.41, 5.74) is 6.06. The van der Waals surface area contributed by atoms with Crippen molar-refractivity contribution in [3.05, 3.63) is 0 Å². The van der Waals surface area contributed by atoms with Crippen LogP contribution in [-0.2, 0) is 0 Å². The molecule has 0 aromatic carbocycles. The standard InChI is InChI=1S/C13H29N3/c1-4-5-13(14)11-16(3)10-12-6-8-15(2)9-7-12/h12-13H,4-11,14H2,1-3H3. The van der Waals surface area contributed by atoms with Gasteiger partial charge >= 0.3 is 0 Å². The number of likely N-dealkylation sites (N-methyl/N-ethyl adjacent to an activating group) is 1. The van der Waals surface area contributed by atoms with Gasteiger partial charge in [0, 0.05) is 19.1 Å². The number of hydrogen-bond donors (Lipinski definition) is 1. The maximum atomic E-state index is 6.06. The number of hydrogen-bond acceptors (Lipinski definition) is 3. The molecule has 0 aliphatic carbocycles. The van der Waals surface area contributed by atoms with Gasteiger partial charge in [-0.2, -0.15) is 0 Å². The Morgan fingerprint density at radius 3 is 2.56 bits per heavy atom. The molecule has 96 valence electrons. The Balaban J connectivity index is 2.15. The molecule has 1 rings (SSSR count). The molecule has 1 atom stereocenters. The molecule has 3 heteroatoms. The first kappa shape index (κ1) is 13.9. The van der Waals surface area contributed by atoms with E-state index in [0.29, 0.717) is 6.04 Å². The minimum Gasteiger partial charge on any atom is -0.327 e. The third kappa shape index (κ3) is 5.28. The topological polar surface area (TPSA) is 32.5 Å². The monoisotopic (exact) mass is 227 g/mol. The molecular weight excluding hydrogens is 198 g/mol. The van der Waals surface area contributed by atoms with Crippen molar-refractivity contribution in [2.75, 3.05) is 40.3 Å². The van der Waals surface area contributed by atoms with Gasteiger partial charge in [0.15, 0.2) is 0 Å². The maximum absolute atomic E-state index is 6.06. The van der Waals surface area contributed by atoms with Crippen molar-refractivity contribution in [1.29, 1.82) is 0 Å². The van der Waals surface area contributed by atoms with Crippen LogP contribution >= 0.6 is 0 Å². The van der Waals surface area contributed by atoms with E-state index in [1.165, 1.54) is 38.9 Å². The zero-order chi connectivity index (χ0) is 12.0. The van der Waals surface area contributed by atoms with E-state index >= 15 is 0 Å². The fraction of sp³-hybridized carbons (Fsp3) is 1.00.